The minimum absolute atomic E-state index is 0.0482. The van der Waals surface area contributed by atoms with Gasteiger partial charge in [0, 0.05) is 11.6 Å². The quantitative estimate of drug-likeness (QED) is 0.759. The van der Waals surface area contributed by atoms with Crippen LogP contribution in [0.15, 0.2) is 16.6 Å². The Morgan fingerprint density at radius 2 is 2.22 bits per heavy atom. The molecule has 0 aromatic heterocycles. The molecule has 2 rings (SSSR count). The number of hydrogen-bond acceptors (Lipinski definition) is 2. The predicted molar refractivity (Wildman–Crippen MR) is 72.8 cm³/mol. The van der Waals surface area contributed by atoms with Crippen molar-refractivity contribution in [2.24, 2.45) is 0 Å². The molecule has 1 fully saturated rings. The Morgan fingerprint density at radius 3 is 2.78 bits per heavy atom. The summed E-state index contributed by atoms with van der Waals surface area (Å²) in [7, 11) is 1.51. The van der Waals surface area contributed by atoms with Crippen molar-refractivity contribution < 1.29 is 13.9 Å². The van der Waals surface area contributed by atoms with E-state index in [1.54, 1.807) is 6.07 Å². The van der Waals surface area contributed by atoms with Crippen LogP contribution in [0.3, 0.4) is 0 Å². The molecule has 5 heteroatoms. The maximum Gasteiger partial charge on any atom is 0.141 e. The predicted octanol–water partition coefficient (Wildman–Crippen LogP) is 4.44. The standard InChI is InChI=1S/C13H15BrClFO2/c1-7-3-4-11(18-7)13(15)8-5-9(14)10(16)6-12(8)17-2/h5-7,11,13H,3-4H2,1-2H3. The Bertz CT molecular complexity index is 441. The van der Waals surface area contributed by atoms with Gasteiger partial charge in [0.05, 0.1) is 29.2 Å². The van der Waals surface area contributed by atoms with E-state index in [2.05, 4.69) is 15.9 Å². The molecule has 0 saturated carbocycles. The van der Waals surface area contributed by atoms with Gasteiger partial charge < -0.3 is 9.47 Å². The van der Waals surface area contributed by atoms with Crippen LogP contribution in [-0.2, 0) is 4.74 Å². The molecule has 0 N–H and O–H groups in total. The first-order valence-electron chi connectivity index (χ1n) is 5.85. The highest BCUT2D eigenvalue weighted by Crippen LogP contribution is 2.40. The summed E-state index contributed by atoms with van der Waals surface area (Å²) in [4.78, 5) is 0. The Morgan fingerprint density at radius 1 is 1.50 bits per heavy atom. The summed E-state index contributed by atoms with van der Waals surface area (Å²) in [6.07, 6.45) is 2.09. The van der Waals surface area contributed by atoms with Gasteiger partial charge in [0.1, 0.15) is 11.6 Å². The van der Waals surface area contributed by atoms with Crippen LogP contribution >= 0.6 is 27.5 Å². The molecule has 3 atom stereocenters. The molecule has 0 spiro atoms. The van der Waals surface area contributed by atoms with Gasteiger partial charge in [0.25, 0.3) is 0 Å². The molecule has 0 amide bonds. The molecule has 0 bridgehead atoms. The normalized spacial score (nSPS) is 25.2. The number of benzene rings is 1. The number of hydrogen-bond donors (Lipinski definition) is 0. The Labute approximate surface area is 120 Å². The van der Waals surface area contributed by atoms with Crippen molar-refractivity contribution in [2.75, 3.05) is 7.11 Å². The van der Waals surface area contributed by atoms with Crippen LogP contribution in [0.5, 0.6) is 5.75 Å². The molecule has 100 valence electrons. The van der Waals surface area contributed by atoms with Gasteiger partial charge in [-0.05, 0) is 41.8 Å². The maximum absolute atomic E-state index is 13.4. The van der Waals surface area contributed by atoms with Crippen molar-refractivity contribution in [2.45, 2.75) is 37.4 Å². The molecule has 1 aromatic carbocycles. The zero-order valence-electron chi connectivity index (χ0n) is 10.3. The molecular weight excluding hydrogens is 322 g/mol. The summed E-state index contributed by atoms with van der Waals surface area (Å²) in [6.45, 7) is 2.03. The van der Waals surface area contributed by atoms with E-state index in [-0.39, 0.29) is 23.4 Å². The van der Waals surface area contributed by atoms with Gasteiger partial charge >= 0.3 is 0 Å². The van der Waals surface area contributed by atoms with E-state index >= 15 is 0 Å². The molecule has 0 radical (unpaired) electrons. The molecule has 1 heterocycles. The molecule has 1 aliphatic rings. The number of rotatable bonds is 3. The van der Waals surface area contributed by atoms with E-state index in [9.17, 15) is 4.39 Å². The highest BCUT2D eigenvalue weighted by atomic mass is 79.9. The average Bonchev–Trinajstić information content (AvgIpc) is 2.78. The maximum atomic E-state index is 13.4. The largest absolute Gasteiger partial charge is 0.496 e. The molecule has 0 aliphatic carbocycles. The number of alkyl halides is 1. The SMILES string of the molecule is COc1cc(F)c(Br)cc1C(Cl)C1CCC(C)O1. The fourth-order valence-electron chi connectivity index (χ4n) is 2.19. The van der Waals surface area contributed by atoms with Crippen LogP contribution in [0.2, 0.25) is 0 Å². The van der Waals surface area contributed by atoms with Crippen molar-refractivity contribution in [3.63, 3.8) is 0 Å². The average molecular weight is 338 g/mol. The monoisotopic (exact) mass is 336 g/mol. The second kappa shape index (κ2) is 5.76. The lowest BCUT2D eigenvalue weighted by molar-refractivity contribution is 0.0529. The van der Waals surface area contributed by atoms with Crippen molar-refractivity contribution in [1.29, 1.82) is 0 Å². The van der Waals surface area contributed by atoms with Gasteiger partial charge in [-0.15, -0.1) is 11.6 Å². The van der Waals surface area contributed by atoms with Crippen LogP contribution in [0.1, 0.15) is 30.7 Å². The minimum Gasteiger partial charge on any atom is -0.496 e. The lowest BCUT2D eigenvalue weighted by Gasteiger charge is -2.20. The van der Waals surface area contributed by atoms with Crippen molar-refractivity contribution in [3.8, 4) is 5.75 Å². The summed E-state index contributed by atoms with van der Waals surface area (Å²) in [5.74, 6) is 0.0963. The van der Waals surface area contributed by atoms with E-state index in [0.717, 1.165) is 18.4 Å². The summed E-state index contributed by atoms with van der Waals surface area (Å²) < 4.78 is 24.8. The van der Waals surface area contributed by atoms with Crippen molar-refractivity contribution in [1.82, 2.24) is 0 Å². The van der Waals surface area contributed by atoms with E-state index in [1.165, 1.54) is 13.2 Å². The second-order valence-corrected chi connectivity index (χ2v) is 5.80. The fraction of sp³-hybridized carbons (Fsp3) is 0.538. The van der Waals surface area contributed by atoms with Gasteiger partial charge in [0.15, 0.2) is 0 Å². The zero-order chi connectivity index (χ0) is 13.3. The summed E-state index contributed by atoms with van der Waals surface area (Å²) >= 11 is 9.61. The third-order valence-electron chi connectivity index (χ3n) is 3.16. The smallest absolute Gasteiger partial charge is 0.141 e. The molecule has 1 aliphatic heterocycles. The Hall–Kier alpha value is -0.320. The molecule has 3 unspecified atom stereocenters. The Kier molecular flexibility index (Phi) is 4.51. The van der Waals surface area contributed by atoms with Crippen LogP contribution < -0.4 is 4.74 Å². The Balaban J connectivity index is 2.29. The van der Waals surface area contributed by atoms with Crippen LogP contribution in [0, 0.1) is 5.82 Å². The highest BCUT2D eigenvalue weighted by molar-refractivity contribution is 9.10. The lowest BCUT2D eigenvalue weighted by Crippen LogP contribution is -2.15. The summed E-state index contributed by atoms with van der Waals surface area (Å²) in [5.41, 5.74) is 0.756. The van der Waals surface area contributed by atoms with Gasteiger partial charge in [-0.2, -0.15) is 0 Å². The molecule has 1 aromatic rings. The van der Waals surface area contributed by atoms with Crippen molar-refractivity contribution in [3.05, 3.63) is 28.0 Å². The highest BCUT2D eigenvalue weighted by Gasteiger charge is 2.31. The molecule has 18 heavy (non-hydrogen) atoms. The van der Waals surface area contributed by atoms with E-state index in [1.807, 2.05) is 6.92 Å². The fourth-order valence-corrected chi connectivity index (χ4v) is 2.90. The van der Waals surface area contributed by atoms with Crippen LogP contribution in [0.25, 0.3) is 0 Å². The minimum atomic E-state index is -0.361. The van der Waals surface area contributed by atoms with Gasteiger partial charge in [-0.25, -0.2) is 4.39 Å². The zero-order valence-corrected chi connectivity index (χ0v) is 12.6. The van der Waals surface area contributed by atoms with Gasteiger partial charge in [0.2, 0.25) is 0 Å². The van der Waals surface area contributed by atoms with Gasteiger partial charge in [-0.3, -0.25) is 0 Å². The third kappa shape index (κ3) is 2.81. The topological polar surface area (TPSA) is 18.5 Å². The van der Waals surface area contributed by atoms with E-state index in [4.69, 9.17) is 21.1 Å². The molecule has 1 saturated heterocycles. The van der Waals surface area contributed by atoms with E-state index in [0.29, 0.717) is 10.2 Å². The third-order valence-corrected chi connectivity index (χ3v) is 4.28. The summed E-state index contributed by atoms with van der Waals surface area (Å²) in [6, 6.07) is 3.01. The van der Waals surface area contributed by atoms with Gasteiger partial charge in [-0.1, -0.05) is 0 Å². The van der Waals surface area contributed by atoms with E-state index < -0.39 is 0 Å². The first-order chi connectivity index (χ1) is 8.52. The number of halogens is 3. The molecular formula is C13H15BrClFO2. The number of ether oxygens (including phenoxy) is 2. The second-order valence-electron chi connectivity index (χ2n) is 4.47. The van der Waals surface area contributed by atoms with Crippen LogP contribution in [0.4, 0.5) is 4.39 Å². The lowest BCUT2D eigenvalue weighted by atomic mass is 10.0. The summed E-state index contributed by atoms with van der Waals surface area (Å²) in [5, 5.41) is -0.332. The van der Waals surface area contributed by atoms with Crippen LogP contribution in [-0.4, -0.2) is 19.3 Å². The first-order valence-corrected chi connectivity index (χ1v) is 7.08. The van der Waals surface area contributed by atoms with Crippen molar-refractivity contribution >= 4 is 27.5 Å². The number of methoxy groups -OCH3 is 1. The first kappa shape index (κ1) is 14.1. The molecule has 2 nitrogen and oxygen atoms in total.